The predicted molar refractivity (Wildman–Crippen MR) is 104 cm³/mol. The van der Waals surface area contributed by atoms with E-state index in [4.69, 9.17) is 0 Å². The van der Waals surface area contributed by atoms with Gasteiger partial charge in [-0.1, -0.05) is 19.1 Å². The maximum Gasteiger partial charge on any atom is 0.251 e. The van der Waals surface area contributed by atoms with Crippen molar-refractivity contribution in [2.24, 2.45) is 0 Å². The molecule has 0 spiro atoms. The fraction of sp³-hybridized carbons (Fsp3) is 0.190. The van der Waals surface area contributed by atoms with Crippen molar-refractivity contribution in [1.82, 2.24) is 15.3 Å². The highest BCUT2D eigenvalue weighted by molar-refractivity contribution is 5.94. The quantitative estimate of drug-likeness (QED) is 0.673. The third kappa shape index (κ3) is 4.88. The summed E-state index contributed by atoms with van der Waals surface area (Å²) in [6, 6.07) is 15.3. The molecule has 0 radical (unpaired) electrons. The van der Waals surface area contributed by atoms with Gasteiger partial charge >= 0.3 is 0 Å². The van der Waals surface area contributed by atoms with E-state index in [9.17, 15) is 9.18 Å². The summed E-state index contributed by atoms with van der Waals surface area (Å²) in [4.78, 5) is 20.5. The molecule has 3 aromatic rings. The minimum absolute atomic E-state index is 0.0914. The minimum Gasteiger partial charge on any atom is -0.350 e. The second-order valence-corrected chi connectivity index (χ2v) is 6.28. The Bertz CT molecular complexity index is 927. The Hall–Kier alpha value is -3.28. The van der Waals surface area contributed by atoms with Crippen molar-refractivity contribution in [1.29, 1.82) is 0 Å². The molecule has 0 fully saturated rings. The number of nitrogens with one attached hydrogen (secondary N) is 2. The van der Waals surface area contributed by atoms with E-state index < -0.39 is 0 Å². The third-order valence-electron chi connectivity index (χ3n) is 4.20. The molecule has 1 amide bonds. The molecule has 0 aliphatic carbocycles. The molecule has 0 unspecified atom stereocenters. The number of anilines is 2. The maximum atomic E-state index is 13.4. The first-order chi connectivity index (χ1) is 13.0. The van der Waals surface area contributed by atoms with Crippen LogP contribution < -0.4 is 10.6 Å². The van der Waals surface area contributed by atoms with Crippen molar-refractivity contribution >= 4 is 17.4 Å². The summed E-state index contributed by atoms with van der Waals surface area (Å²) in [5.41, 5.74) is 2.69. The molecule has 2 aromatic carbocycles. The largest absolute Gasteiger partial charge is 0.350 e. The molecule has 1 heterocycles. The summed E-state index contributed by atoms with van der Waals surface area (Å²) >= 11 is 0. The van der Waals surface area contributed by atoms with Crippen LogP contribution in [-0.2, 0) is 0 Å². The predicted octanol–water partition coefficient (Wildman–Crippen LogP) is 4.55. The van der Waals surface area contributed by atoms with E-state index in [-0.39, 0.29) is 17.8 Å². The van der Waals surface area contributed by atoms with Crippen LogP contribution in [0.1, 0.15) is 30.6 Å². The van der Waals surface area contributed by atoms with E-state index >= 15 is 0 Å². The van der Waals surface area contributed by atoms with E-state index in [0.29, 0.717) is 22.6 Å². The standard InChI is InChI=1S/C21H21FN4O/c1-3-14(2)25-21(27)15-7-9-18(10-8-15)26-20-12-19(23-13-24-20)16-5-4-6-17(22)11-16/h4-14H,3H2,1-2H3,(H,25,27)(H,23,24,26)/t14-/m0/s1. The van der Waals surface area contributed by atoms with Crippen LogP contribution in [0.4, 0.5) is 15.9 Å². The van der Waals surface area contributed by atoms with Gasteiger partial charge in [-0.2, -0.15) is 0 Å². The van der Waals surface area contributed by atoms with Crippen molar-refractivity contribution in [3.8, 4) is 11.3 Å². The number of hydrogen-bond acceptors (Lipinski definition) is 4. The smallest absolute Gasteiger partial charge is 0.251 e. The molecule has 2 N–H and O–H groups in total. The molecule has 3 rings (SSSR count). The second kappa shape index (κ2) is 8.40. The highest BCUT2D eigenvalue weighted by Crippen LogP contribution is 2.22. The van der Waals surface area contributed by atoms with Gasteiger partial charge in [-0.05, 0) is 49.7 Å². The van der Waals surface area contributed by atoms with Gasteiger partial charge in [0.05, 0.1) is 5.69 Å². The monoisotopic (exact) mass is 364 g/mol. The van der Waals surface area contributed by atoms with Crippen LogP contribution in [0, 0.1) is 5.82 Å². The number of benzene rings is 2. The summed E-state index contributed by atoms with van der Waals surface area (Å²) in [7, 11) is 0. The average Bonchev–Trinajstić information content (AvgIpc) is 2.68. The number of nitrogens with zero attached hydrogens (tertiary/aromatic N) is 2. The molecule has 6 heteroatoms. The number of carbonyl (C=O) groups is 1. The summed E-state index contributed by atoms with van der Waals surface area (Å²) in [6.45, 7) is 4.00. The van der Waals surface area contributed by atoms with Crippen molar-refractivity contribution < 1.29 is 9.18 Å². The van der Waals surface area contributed by atoms with Crippen LogP contribution in [0.25, 0.3) is 11.3 Å². The molecule has 0 bridgehead atoms. The maximum absolute atomic E-state index is 13.4. The Balaban J connectivity index is 1.72. The molecular formula is C21H21FN4O. The molecule has 1 aromatic heterocycles. The topological polar surface area (TPSA) is 66.9 Å². The normalized spacial score (nSPS) is 11.7. The molecule has 27 heavy (non-hydrogen) atoms. The molecule has 0 aliphatic rings. The van der Waals surface area contributed by atoms with Crippen LogP contribution in [0.2, 0.25) is 0 Å². The number of aromatic nitrogens is 2. The lowest BCUT2D eigenvalue weighted by molar-refractivity contribution is 0.0939. The highest BCUT2D eigenvalue weighted by Gasteiger charge is 2.09. The van der Waals surface area contributed by atoms with Gasteiger partial charge in [0.2, 0.25) is 0 Å². The minimum atomic E-state index is -0.313. The number of rotatable bonds is 6. The first-order valence-electron chi connectivity index (χ1n) is 8.81. The van der Waals surface area contributed by atoms with E-state index in [0.717, 1.165) is 12.1 Å². The van der Waals surface area contributed by atoms with Crippen molar-refractivity contribution in [3.63, 3.8) is 0 Å². The van der Waals surface area contributed by atoms with Gasteiger partial charge in [0.1, 0.15) is 18.0 Å². The fourth-order valence-corrected chi connectivity index (χ4v) is 2.49. The van der Waals surface area contributed by atoms with Crippen LogP contribution in [0.5, 0.6) is 0 Å². The van der Waals surface area contributed by atoms with Gasteiger partial charge in [0, 0.05) is 28.9 Å². The van der Waals surface area contributed by atoms with Crippen molar-refractivity contribution in [3.05, 3.63) is 72.3 Å². The Morgan fingerprint density at radius 1 is 1.11 bits per heavy atom. The van der Waals surface area contributed by atoms with Crippen LogP contribution in [-0.4, -0.2) is 21.9 Å². The van der Waals surface area contributed by atoms with E-state index in [1.807, 2.05) is 26.0 Å². The summed E-state index contributed by atoms with van der Waals surface area (Å²) in [5.74, 6) is 0.180. The molecule has 5 nitrogen and oxygen atoms in total. The van der Waals surface area contributed by atoms with Crippen molar-refractivity contribution in [2.45, 2.75) is 26.3 Å². The molecule has 0 aliphatic heterocycles. The first kappa shape index (κ1) is 18.5. The lowest BCUT2D eigenvalue weighted by Gasteiger charge is -2.12. The zero-order valence-electron chi connectivity index (χ0n) is 15.2. The molecule has 0 saturated carbocycles. The summed E-state index contributed by atoms with van der Waals surface area (Å²) in [5, 5.41) is 6.10. The van der Waals surface area contributed by atoms with Crippen molar-refractivity contribution in [2.75, 3.05) is 5.32 Å². The second-order valence-electron chi connectivity index (χ2n) is 6.28. The highest BCUT2D eigenvalue weighted by atomic mass is 19.1. The Morgan fingerprint density at radius 2 is 1.89 bits per heavy atom. The van der Waals surface area contributed by atoms with E-state index in [1.54, 1.807) is 30.3 Å². The van der Waals surface area contributed by atoms with E-state index in [1.165, 1.54) is 18.5 Å². The van der Waals surface area contributed by atoms with Gasteiger partial charge in [0.15, 0.2) is 0 Å². The van der Waals surface area contributed by atoms with Gasteiger partial charge in [-0.15, -0.1) is 0 Å². The number of carbonyl (C=O) groups excluding carboxylic acids is 1. The summed E-state index contributed by atoms with van der Waals surface area (Å²) < 4.78 is 13.4. The number of hydrogen-bond donors (Lipinski definition) is 2. The zero-order chi connectivity index (χ0) is 19.2. The van der Waals surface area contributed by atoms with Gasteiger partial charge in [-0.3, -0.25) is 4.79 Å². The summed E-state index contributed by atoms with van der Waals surface area (Å²) in [6.07, 6.45) is 2.31. The van der Waals surface area contributed by atoms with Gasteiger partial charge < -0.3 is 10.6 Å². The molecule has 0 saturated heterocycles. The van der Waals surface area contributed by atoms with Crippen LogP contribution in [0.3, 0.4) is 0 Å². The molecule has 1 atom stereocenters. The average molecular weight is 364 g/mol. The molecule has 138 valence electrons. The Morgan fingerprint density at radius 3 is 2.59 bits per heavy atom. The SMILES string of the molecule is CC[C@H](C)NC(=O)c1ccc(Nc2cc(-c3cccc(F)c3)ncn2)cc1. The molecular weight excluding hydrogens is 343 g/mol. The van der Waals surface area contributed by atoms with E-state index in [2.05, 4.69) is 20.6 Å². The fourth-order valence-electron chi connectivity index (χ4n) is 2.49. The Labute approximate surface area is 157 Å². The zero-order valence-corrected chi connectivity index (χ0v) is 15.2. The Kier molecular flexibility index (Phi) is 5.76. The van der Waals surface area contributed by atoms with Gasteiger partial charge in [0.25, 0.3) is 5.91 Å². The lowest BCUT2D eigenvalue weighted by Crippen LogP contribution is -2.31. The third-order valence-corrected chi connectivity index (χ3v) is 4.20. The number of amides is 1. The van der Waals surface area contributed by atoms with Crippen LogP contribution >= 0.6 is 0 Å². The number of halogens is 1. The van der Waals surface area contributed by atoms with Crippen LogP contribution in [0.15, 0.2) is 60.9 Å². The lowest BCUT2D eigenvalue weighted by atomic mass is 10.1. The van der Waals surface area contributed by atoms with Gasteiger partial charge in [-0.25, -0.2) is 14.4 Å². The first-order valence-corrected chi connectivity index (χ1v) is 8.81.